The number of hydrogen-bond acceptors (Lipinski definition) is 3. The number of carbonyl (C=O) groups excluding carboxylic acids is 2. The third kappa shape index (κ3) is 4.51. The molecule has 0 aliphatic rings. The van der Waals surface area contributed by atoms with Crippen LogP contribution in [0.15, 0.2) is 47.8 Å². The molecular weight excluding hydrogens is 272 g/mol. The largest absolute Gasteiger partial charge is 0.354 e. The molecule has 4 nitrogen and oxygen atoms in total. The number of amides is 2. The highest BCUT2D eigenvalue weighted by atomic mass is 32.1. The molecule has 0 atom stereocenters. The van der Waals surface area contributed by atoms with E-state index in [1.54, 1.807) is 23.5 Å². The smallest absolute Gasteiger partial charge is 0.251 e. The Morgan fingerprint density at radius 1 is 0.950 bits per heavy atom. The highest BCUT2D eigenvalue weighted by Gasteiger charge is 2.05. The Balaban J connectivity index is 1.64. The quantitative estimate of drug-likeness (QED) is 0.797. The molecule has 0 aliphatic heterocycles. The molecule has 2 amide bonds. The lowest BCUT2D eigenvalue weighted by Crippen LogP contribution is -2.35. The van der Waals surface area contributed by atoms with Crippen LogP contribution in [0, 0.1) is 0 Å². The molecule has 2 aromatic rings. The van der Waals surface area contributed by atoms with Crippen LogP contribution in [0.5, 0.6) is 0 Å². The molecule has 1 aromatic heterocycles. The van der Waals surface area contributed by atoms with Gasteiger partial charge >= 0.3 is 0 Å². The summed E-state index contributed by atoms with van der Waals surface area (Å²) in [5, 5.41) is 7.49. The summed E-state index contributed by atoms with van der Waals surface area (Å²) < 4.78 is 0. The van der Waals surface area contributed by atoms with Gasteiger partial charge in [0, 0.05) is 23.5 Å². The molecule has 0 bridgehead atoms. The van der Waals surface area contributed by atoms with Crippen LogP contribution >= 0.6 is 11.3 Å². The van der Waals surface area contributed by atoms with Gasteiger partial charge in [0.1, 0.15) is 0 Å². The first-order chi connectivity index (χ1) is 9.75. The van der Waals surface area contributed by atoms with Gasteiger partial charge in [-0.05, 0) is 23.6 Å². The Hall–Kier alpha value is -2.14. The molecule has 5 heteroatoms. The fourth-order valence-electron chi connectivity index (χ4n) is 1.70. The highest BCUT2D eigenvalue weighted by Crippen LogP contribution is 2.08. The molecule has 0 radical (unpaired) electrons. The molecule has 0 saturated heterocycles. The summed E-state index contributed by atoms with van der Waals surface area (Å²) in [5.41, 5.74) is 0.623. The fraction of sp³-hybridized carbons (Fsp3) is 0.200. The second-order valence-electron chi connectivity index (χ2n) is 4.23. The maximum absolute atomic E-state index is 11.7. The molecule has 1 aromatic carbocycles. The maximum atomic E-state index is 11.7. The molecule has 2 N–H and O–H groups in total. The Labute approximate surface area is 121 Å². The Morgan fingerprint density at radius 3 is 2.40 bits per heavy atom. The van der Waals surface area contributed by atoms with E-state index in [0.29, 0.717) is 25.1 Å². The van der Waals surface area contributed by atoms with E-state index in [0.717, 1.165) is 4.88 Å². The van der Waals surface area contributed by atoms with Crippen molar-refractivity contribution in [1.29, 1.82) is 0 Å². The lowest BCUT2D eigenvalue weighted by atomic mass is 10.2. The number of carbonyl (C=O) groups is 2. The van der Waals surface area contributed by atoms with E-state index in [4.69, 9.17) is 0 Å². The minimum Gasteiger partial charge on any atom is -0.354 e. The Morgan fingerprint density at radius 2 is 1.70 bits per heavy atom. The van der Waals surface area contributed by atoms with Crippen LogP contribution in [0.1, 0.15) is 15.2 Å². The van der Waals surface area contributed by atoms with Crippen molar-refractivity contribution in [3.63, 3.8) is 0 Å². The maximum Gasteiger partial charge on any atom is 0.251 e. The summed E-state index contributed by atoms with van der Waals surface area (Å²) in [6, 6.07) is 12.9. The van der Waals surface area contributed by atoms with Gasteiger partial charge in [-0.15, -0.1) is 11.3 Å². The second kappa shape index (κ2) is 7.45. The Bertz CT molecular complexity index is 553. The van der Waals surface area contributed by atoms with Crippen molar-refractivity contribution >= 4 is 23.2 Å². The molecule has 0 unspecified atom stereocenters. The SMILES string of the molecule is O=C(Cc1cccs1)NCCNC(=O)c1ccccc1. The summed E-state index contributed by atoms with van der Waals surface area (Å²) in [6.45, 7) is 0.854. The third-order valence-corrected chi connectivity index (χ3v) is 3.56. The van der Waals surface area contributed by atoms with Crippen LogP contribution in [0.2, 0.25) is 0 Å². The van der Waals surface area contributed by atoms with Gasteiger partial charge in [0.05, 0.1) is 6.42 Å². The zero-order chi connectivity index (χ0) is 14.2. The van der Waals surface area contributed by atoms with Gasteiger partial charge in [0.25, 0.3) is 5.91 Å². The predicted molar refractivity (Wildman–Crippen MR) is 79.8 cm³/mol. The molecule has 1 heterocycles. The molecule has 0 saturated carbocycles. The average Bonchev–Trinajstić information content (AvgIpc) is 2.97. The topological polar surface area (TPSA) is 58.2 Å². The van der Waals surface area contributed by atoms with Crippen LogP contribution in [-0.2, 0) is 11.2 Å². The number of benzene rings is 1. The summed E-state index contributed by atoms with van der Waals surface area (Å²) >= 11 is 1.56. The predicted octanol–water partition coefficient (Wildman–Crippen LogP) is 1.84. The zero-order valence-corrected chi connectivity index (χ0v) is 11.8. The van der Waals surface area contributed by atoms with E-state index >= 15 is 0 Å². The van der Waals surface area contributed by atoms with E-state index in [2.05, 4.69) is 10.6 Å². The minimum absolute atomic E-state index is 0.0265. The van der Waals surface area contributed by atoms with Gasteiger partial charge < -0.3 is 10.6 Å². The Kier molecular flexibility index (Phi) is 5.32. The molecule has 20 heavy (non-hydrogen) atoms. The third-order valence-electron chi connectivity index (χ3n) is 2.68. The van der Waals surface area contributed by atoms with Crippen molar-refractivity contribution in [2.24, 2.45) is 0 Å². The van der Waals surface area contributed by atoms with E-state index < -0.39 is 0 Å². The van der Waals surface area contributed by atoms with Crippen LogP contribution < -0.4 is 10.6 Å². The van der Waals surface area contributed by atoms with E-state index in [-0.39, 0.29) is 11.8 Å². The number of rotatable bonds is 6. The monoisotopic (exact) mass is 288 g/mol. The van der Waals surface area contributed by atoms with Crippen LogP contribution in [0.3, 0.4) is 0 Å². The van der Waals surface area contributed by atoms with Crippen molar-refractivity contribution in [3.8, 4) is 0 Å². The normalized spacial score (nSPS) is 10.0. The van der Waals surface area contributed by atoms with Gasteiger partial charge in [-0.3, -0.25) is 9.59 Å². The standard InChI is InChI=1S/C15H16N2O2S/c18-14(11-13-7-4-10-20-13)16-8-9-17-15(19)12-5-2-1-3-6-12/h1-7,10H,8-9,11H2,(H,16,18)(H,17,19). The van der Waals surface area contributed by atoms with Crippen LogP contribution in [0.4, 0.5) is 0 Å². The molecule has 0 spiro atoms. The number of thiophene rings is 1. The summed E-state index contributed by atoms with van der Waals surface area (Å²) in [4.78, 5) is 24.4. The van der Waals surface area contributed by atoms with Crippen molar-refractivity contribution in [3.05, 3.63) is 58.3 Å². The molecular formula is C15H16N2O2S. The van der Waals surface area contributed by atoms with Gasteiger partial charge in [0.15, 0.2) is 0 Å². The molecule has 0 aliphatic carbocycles. The van der Waals surface area contributed by atoms with Crippen molar-refractivity contribution in [1.82, 2.24) is 10.6 Å². The summed E-state index contributed by atoms with van der Waals surface area (Å²) in [6.07, 6.45) is 0.393. The van der Waals surface area contributed by atoms with Crippen LogP contribution in [0.25, 0.3) is 0 Å². The zero-order valence-electron chi connectivity index (χ0n) is 11.0. The van der Waals surface area contributed by atoms with Gasteiger partial charge in [-0.1, -0.05) is 24.3 Å². The number of nitrogens with one attached hydrogen (secondary N) is 2. The van der Waals surface area contributed by atoms with Gasteiger partial charge in [0.2, 0.25) is 5.91 Å². The van der Waals surface area contributed by atoms with Gasteiger partial charge in [-0.25, -0.2) is 0 Å². The summed E-state index contributed by atoms with van der Waals surface area (Å²) in [7, 11) is 0. The number of hydrogen-bond donors (Lipinski definition) is 2. The first-order valence-electron chi connectivity index (χ1n) is 6.38. The van der Waals surface area contributed by atoms with E-state index in [1.165, 1.54) is 0 Å². The summed E-state index contributed by atoms with van der Waals surface area (Å²) in [5.74, 6) is -0.153. The first-order valence-corrected chi connectivity index (χ1v) is 7.26. The first kappa shape index (κ1) is 14.3. The van der Waals surface area contributed by atoms with Crippen molar-refractivity contribution in [2.75, 3.05) is 13.1 Å². The van der Waals surface area contributed by atoms with Crippen molar-refractivity contribution in [2.45, 2.75) is 6.42 Å². The van der Waals surface area contributed by atoms with E-state index in [9.17, 15) is 9.59 Å². The molecule has 104 valence electrons. The van der Waals surface area contributed by atoms with Crippen molar-refractivity contribution < 1.29 is 9.59 Å². The lowest BCUT2D eigenvalue weighted by Gasteiger charge is -2.06. The van der Waals surface area contributed by atoms with E-state index in [1.807, 2.05) is 35.7 Å². The van der Waals surface area contributed by atoms with Crippen LogP contribution in [-0.4, -0.2) is 24.9 Å². The average molecular weight is 288 g/mol. The minimum atomic E-state index is -0.127. The molecule has 2 rings (SSSR count). The lowest BCUT2D eigenvalue weighted by molar-refractivity contribution is -0.120. The highest BCUT2D eigenvalue weighted by molar-refractivity contribution is 7.10. The van der Waals surface area contributed by atoms with Gasteiger partial charge in [-0.2, -0.15) is 0 Å². The molecule has 0 fully saturated rings. The fourth-order valence-corrected chi connectivity index (χ4v) is 2.41. The second-order valence-corrected chi connectivity index (χ2v) is 5.26.